The van der Waals surface area contributed by atoms with Crippen molar-refractivity contribution >= 4 is 35.6 Å². The molecule has 4 rings (SSSR count). The van der Waals surface area contributed by atoms with E-state index in [0.717, 1.165) is 33.9 Å². The molecule has 29 heavy (non-hydrogen) atoms. The van der Waals surface area contributed by atoms with Crippen LogP contribution in [0.25, 0.3) is 0 Å². The maximum Gasteiger partial charge on any atom is 0.231 e. The topological polar surface area (TPSA) is 39.7 Å². The van der Waals surface area contributed by atoms with Gasteiger partial charge in [-0.1, -0.05) is 41.4 Å². The van der Waals surface area contributed by atoms with Gasteiger partial charge in [-0.3, -0.25) is 0 Å². The molecule has 0 bridgehead atoms. The molecule has 0 aromatic heterocycles. The van der Waals surface area contributed by atoms with Crippen LogP contribution in [0.4, 0.5) is 0 Å². The first-order valence-electron chi connectivity index (χ1n) is 8.92. The summed E-state index contributed by atoms with van der Waals surface area (Å²) in [5.74, 6) is 2.38. The zero-order valence-electron chi connectivity index (χ0n) is 15.5. The summed E-state index contributed by atoms with van der Waals surface area (Å²) in [4.78, 5) is 0. The maximum absolute atomic E-state index is 6.18. The Kier molecular flexibility index (Phi) is 7.51. The molecule has 3 aromatic rings. The van der Waals surface area contributed by atoms with Gasteiger partial charge >= 0.3 is 0 Å². The molecule has 0 amide bonds. The van der Waals surface area contributed by atoms with Gasteiger partial charge in [0.2, 0.25) is 6.79 Å². The Hall–Kier alpha value is -2.11. The van der Waals surface area contributed by atoms with Crippen molar-refractivity contribution in [3.05, 3.63) is 87.4 Å². The van der Waals surface area contributed by atoms with E-state index in [1.807, 2.05) is 60.7 Å². The molecule has 4 nitrogen and oxygen atoms in total. The third-order valence-electron chi connectivity index (χ3n) is 4.41. The zero-order valence-corrected chi connectivity index (χ0v) is 17.8. The summed E-state index contributed by atoms with van der Waals surface area (Å²) >= 11 is 12.1. The van der Waals surface area contributed by atoms with E-state index in [9.17, 15) is 0 Å². The lowest BCUT2D eigenvalue weighted by molar-refractivity contribution is 0.174. The van der Waals surface area contributed by atoms with Gasteiger partial charge in [-0.25, -0.2) is 0 Å². The average Bonchev–Trinajstić information content (AvgIpc) is 3.16. The molecule has 7 heteroatoms. The van der Waals surface area contributed by atoms with Crippen LogP contribution in [0.5, 0.6) is 17.2 Å². The highest BCUT2D eigenvalue weighted by molar-refractivity contribution is 6.30. The van der Waals surface area contributed by atoms with Gasteiger partial charge in [-0.2, -0.15) is 0 Å². The fraction of sp³-hybridized carbons (Fsp3) is 0.182. The molecule has 0 radical (unpaired) electrons. The normalized spacial score (nSPS) is 11.8. The minimum atomic E-state index is 0. The zero-order chi connectivity index (χ0) is 19.3. The fourth-order valence-corrected chi connectivity index (χ4v) is 3.28. The van der Waals surface area contributed by atoms with Crippen molar-refractivity contribution in [1.82, 2.24) is 5.32 Å². The second kappa shape index (κ2) is 10.1. The third kappa shape index (κ3) is 5.71. The van der Waals surface area contributed by atoms with Crippen LogP contribution in [0, 0.1) is 0 Å². The van der Waals surface area contributed by atoms with E-state index >= 15 is 0 Å². The lowest BCUT2D eigenvalue weighted by Crippen LogP contribution is -2.13. The first-order chi connectivity index (χ1) is 13.7. The highest BCUT2D eigenvalue weighted by atomic mass is 35.5. The van der Waals surface area contributed by atoms with E-state index in [1.54, 1.807) is 0 Å². The van der Waals surface area contributed by atoms with Crippen LogP contribution in [0.2, 0.25) is 10.0 Å². The summed E-state index contributed by atoms with van der Waals surface area (Å²) < 4.78 is 16.8. The molecule has 1 aliphatic heterocycles. The SMILES string of the molecule is Cl.Clc1ccc(COc2ccc(Cl)cc2CNCc2ccc3c(c2)OCO3)cc1. The lowest BCUT2D eigenvalue weighted by Gasteiger charge is -2.13. The summed E-state index contributed by atoms with van der Waals surface area (Å²) in [5.41, 5.74) is 3.18. The summed E-state index contributed by atoms with van der Waals surface area (Å²) in [6, 6.07) is 19.2. The van der Waals surface area contributed by atoms with Gasteiger partial charge in [-0.15, -0.1) is 12.4 Å². The number of rotatable bonds is 7. The molecule has 0 unspecified atom stereocenters. The molecular formula is C22H20Cl3NO3. The number of ether oxygens (including phenoxy) is 3. The first kappa shape index (κ1) is 21.6. The van der Waals surface area contributed by atoms with Gasteiger partial charge in [-0.05, 0) is 53.6 Å². The van der Waals surface area contributed by atoms with E-state index in [2.05, 4.69) is 5.32 Å². The van der Waals surface area contributed by atoms with E-state index < -0.39 is 0 Å². The van der Waals surface area contributed by atoms with Crippen LogP contribution in [0.3, 0.4) is 0 Å². The number of hydrogen-bond donors (Lipinski definition) is 1. The van der Waals surface area contributed by atoms with E-state index in [1.165, 1.54) is 0 Å². The Morgan fingerprint density at radius 2 is 1.52 bits per heavy atom. The number of hydrogen-bond acceptors (Lipinski definition) is 4. The molecule has 152 valence electrons. The quantitative estimate of drug-likeness (QED) is 0.476. The Morgan fingerprint density at radius 3 is 2.34 bits per heavy atom. The van der Waals surface area contributed by atoms with Crippen LogP contribution < -0.4 is 19.5 Å². The highest BCUT2D eigenvalue weighted by Gasteiger charge is 2.13. The maximum atomic E-state index is 6.18. The van der Waals surface area contributed by atoms with Crippen molar-refractivity contribution in [3.8, 4) is 17.2 Å². The van der Waals surface area contributed by atoms with E-state index in [4.69, 9.17) is 37.4 Å². The number of fused-ring (bicyclic) bond motifs is 1. The van der Waals surface area contributed by atoms with Crippen molar-refractivity contribution in [3.63, 3.8) is 0 Å². The Labute approximate surface area is 186 Å². The van der Waals surface area contributed by atoms with Crippen molar-refractivity contribution in [1.29, 1.82) is 0 Å². The molecule has 1 N–H and O–H groups in total. The molecule has 0 atom stereocenters. The second-order valence-corrected chi connectivity index (χ2v) is 7.33. The highest BCUT2D eigenvalue weighted by Crippen LogP contribution is 2.32. The van der Waals surface area contributed by atoms with Gasteiger partial charge in [0.15, 0.2) is 11.5 Å². The summed E-state index contributed by atoms with van der Waals surface area (Å²) in [5, 5.41) is 4.82. The second-order valence-electron chi connectivity index (χ2n) is 6.46. The van der Waals surface area contributed by atoms with Gasteiger partial charge in [0.1, 0.15) is 12.4 Å². The predicted molar refractivity (Wildman–Crippen MR) is 118 cm³/mol. The van der Waals surface area contributed by atoms with Crippen LogP contribution in [0.15, 0.2) is 60.7 Å². The molecular weight excluding hydrogens is 433 g/mol. The lowest BCUT2D eigenvalue weighted by atomic mass is 10.1. The van der Waals surface area contributed by atoms with Gasteiger partial charge < -0.3 is 19.5 Å². The van der Waals surface area contributed by atoms with Crippen molar-refractivity contribution in [2.24, 2.45) is 0 Å². The minimum Gasteiger partial charge on any atom is -0.489 e. The van der Waals surface area contributed by atoms with Crippen molar-refractivity contribution in [2.75, 3.05) is 6.79 Å². The average molecular weight is 453 g/mol. The number of halogens is 3. The largest absolute Gasteiger partial charge is 0.489 e. The molecule has 0 saturated carbocycles. The molecule has 1 aliphatic rings. The standard InChI is InChI=1S/C22H19Cl2NO3.ClH/c23-18-4-1-15(2-5-18)13-26-20-8-6-19(24)10-17(20)12-25-11-16-3-7-21-22(9-16)28-14-27-21;/h1-10,25H,11-14H2;1H. The Bertz CT molecular complexity index is 964. The molecule has 0 fully saturated rings. The first-order valence-corrected chi connectivity index (χ1v) is 9.68. The summed E-state index contributed by atoms with van der Waals surface area (Å²) in [6.07, 6.45) is 0. The van der Waals surface area contributed by atoms with Crippen LogP contribution in [-0.2, 0) is 19.7 Å². The van der Waals surface area contributed by atoms with Gasteiger partial charge in [0, 0.05) is 28.7 Å². The third-order valence-corrected chi connectivity index (χ3v) is 4.90. The molecule has 0 aliphatic carbocycles. The van der Waals surface area contributed by atoms with E-state index in [-0.39, 0.29) is 19.2 Å². The Morgan fingerprint density at radius 1 is 0.793 bits per heavy atom. The van der Waals surface area contributed by atoms with E-state index in [0.29, 0.717) is 29.7 Å². The van der Waals surface area contributed by atoms with Crippen molar-refractivity contribution < 1.29 is 14.2 Å². The minimum absolute atomic E-state index is 0. The fourth-order valence-electron chi connectivity index (χ4n) is 2.96. The monoisotopic (exact) mass is 451 g/mol. The van der Waals surface area contributed by atoms with Crippen LogP contribution >= 0.6 is 35.6 Å². The van der Waals surface area contributed by atoms with Gasteiger partial charge in [0.05, 0.1) is 0 Å². The summed E-state index contributed by atoms with van der Waals surface area (Å²) in [6.45, 7) is 2.07. The smallest absolute Gasteiger partial charge is 0.231 e. The van der Waals surface area contributed by atoms with Crippen molar-refractivity contribution in [2.45, 2.75) is 19.7 Å². The van der Waals surface area contributed by atoms with Crippen LogP contribution in [-0.4, -0.2) is 6.79 Å². The Balaban J connectivity index is 0.00000240. The van der Waals surface area contributed by atoms with Gasteiger partial charge in [0.25, 0.3) is 0 Å². The van der Waals surface area contributed by atoms with Crippen LogP contribution in [0.1, 0.15) is 16.7 Å². The summed E-state index contributed by atoms with van der Waals surface area (Å²) in [7, 11) is 0. The number of nitrogens with one attached hydrogen (secondary N) is 1. The number of benzene rings is 3. The predicted octanol–water partition coefficient (Wildman–Crippen LogP) is 6.01. The molecule has 0 spiro atoms. The molecule has 1 heterocycles. The molecule has 3 aromatic carbocycles. The molecule has 0 saturated heterocycles.